The number of benzene rings is 2. The van der Waals surface area contributed by atoms with Crippen molar-refractivity contribution >= 4 is 23.9 Å². The predicted molar refractivity (Wildman–Crippen MR) is 207 cm³/mol. The average molecular weight is 782 g/mol. The smallest absolute Gasteiger partial charge is 0.327 e. The minimum Gasteiger partial charge on any atom is -0.458 e. The normalized spacial score (nSPS) is 38.4. The molecule has 0 radical (unpaired) electrons. The fourth-order valence-electron chi connectivity index (χ4n) is 11.9. The van der Waals surface area contributed by atoms with Crippen LogP contribution in [-0.4, -0.2) is 95.6 Å². The molecule has 4 aliphatic carbocycles. The zero-order valence-corrected chi connectivity index (χ0v) is 33.2. The summed E-state index contributed by atoms with van der Waals surface area (Å²) in [5, 5.41) is 16.4. The number of carbonyl (C=O) groups is 3. The maximum atomic E-state index is 14.6. The number of carbonyl (C=O) groups excluding carboxylic acids is 3. The largest absolute Gasteiger partial charge is 0.458 e. The molecule has 0 aromatic heterocycles. The summed E-state index contributed by atoms with van der Waals surface area (Å²) in [5.41, 5.74) is 4.85. The second-order valence-corrected chi connectivity index (χ2v) is 18.9. The molecular weight excluding hydrogens is 727 g/mol. The maximum absolute atomic E-state index is 14.6. The fraction of sp³-hybridized carbons (Fsp3) is 0.622. The standard InChI is InChI=1S/C45H55N3O9/c1-42(2)23-31-28(11-12-34-43(3,54-34)15-13-32(31)42)20-26-7-6-8-27(19-26)25-48-38-40(51)53-33-24-45(38,41(52)47-16-14-35(50)46-17-18-49)39(57-48)37-36(33)55-44(56-37)21-29-9-4-5-10-30(29)22-44/h4-10,19-20,31-34,36-39,49H,11-18,21-25H2,1-3H3,(H,46,50)(H,47,52)/t31-,32-,33+,34?,36+,37+,38+,39-,43-,45+/m1/s1. The Balaban J connectivity index is 0.934. The van der Waals surface area contributed by atoms with Crippen LogP contribution in [0.3, 0.4) is 0 Å². The van der Waals surface area contributed by atoms with E-state index >= 15 is 0 Å². The Bertz CT molecular complexity index is 1980. The molecular formula is C45H55N3O9. The summed E-state index contributed by atoms with van der Waals surface area (Å²) in [6.45, 7) is 7.36. The molecule has 7 fully saturated rings. The summed E-state index contributed by atoms with van der Waals surface area (Å²) in [4.78, 5) is 48.0. The molecule has 1 unspecified atom stereocenters. The number of hydrogen-bond donors (Lipinski definition) is 3. The molecule has 10 rings (SSSR count). The van der Waals surface area contributed by atoms with Crippen LogP contribution < -0.4 is 10.6 Å². The van der Waals surface area contributed by atoms with E-state index in [0.717, 1.165) is 41.5 Å². The van der Waals surface area contributed by atoms with E-state index in [1.807, 2.05) is 24.3 Å². The molecule has 3 N–H and O–H groups in total. The summed E-state index contributed by atoms with van der Waals surface area (Å²) in [6.07, 6.45) is 6.78. The van der Waals surface area contributed by atoms with Crippen LogP contribution in [0.25, 0.3) is 6.08 Å². The van der Waals surface area contributed by atoms with Gasteiger partial charge in [-0.25, -0.2) is 0 Å². The molecule has 3 saturated carbocycles. The third-order valence-corrected chi connectivity index (χ3v) is 14.8. The minimum atomic E-state index is -1.34. The van der Waals surface area contributed by atoms with E-state index < -0.39 is 47.6 Å². The van der Waals surface area contributed by atoms with Gasteiger partial charge in [0.05, 0.1) is 24.9 Å². The van der Waals surface area contributed by atoms with Crippen molar-refractivity contribution in [2.24, 2.45) is 22.7 Å². The van der Waals surface area contributed by atoms with Crippen molar-refractivity contribution in [2.45, 2.75) is 133 Å². The molecule has 10 atom stereocenters. The number of aliphatic hydroxyl groups is 1. The highest BCUT2D eigenvalue weighted by Gasteiger charge is 2.76. The Morgan fingerprint density at radius 2 is 1.74 bits per heavy atom. The number of esters is 1. The van der Waals surface area contributed by atoms with Crippen molar-refractivity contribution in [1.29, 1.82) is 0 Å². The first kappa shape index (κ1) is 37.6. The molecule has 304 valence electrons. The summed E-state index contributed by atoms with van der Waals surface area (Å²) in [6, 6.07) is 15.5. The van der Waals surface area contributed by atoms with Gasteiger partial charge in [-0.05, 0) is 78.5 Å². The van der Waals surface area contributed by atoms with Gasteiger partial charge >= 0.3 is 5.97 Å². The van der Waals surface area contributed by atoms with Crippen LogP contribution in [0.5, 0.6) is 0 Å². The van der Waals surface area contributed by atoms with Gasteiger partial charge in [-0.3, -0.25) is 19.2 Å². The molecule has 8 aliphatic rings. The zero-order chi connectivity index (χ0) is 39.3. The molecule has 4 saturated heterocycles. The van der Waals surface area contributed by atoms with Crippen LogP contribution in [0.4, 0.5) is 0 Å². The van der Waals surface area contributed by atoms with Gasteiger partial charge in [0.25, 0.3) is 0 Å². The lowest BCUT2D eigenvalue weighted by Crippen LogP contribution is -2.69. The summed E-state index contributed by atoms with van der Waals surface area (Å²) in [5.74, 6) is -0.941. The first-order valence-corrected chi connectivity index (χ1v) is 21.1. The van der Waals surface area contributed by atoms with E-state index in [1.54, 1.807) is 5.06 Å². The minimum absolute atomic E-state index is 0.0248. The maximum Gasteiger partial charge on any atom is 0.327 e. The van der Waals surface area contributed by atoms with Gasteiger partial charge in [0.15, 0.2) is 11.8 Å². The molecule has 4 heterocycles. The van der Waals surface area contributed by atoms with Gasteiger partial charge in [0.2, 0.25) is 11.8 Å². The van der Waals surface area contributed by atoms with Crippen molar-refractivity contribution < 1.29 is 43.3 Å². The van der Waals surface area contributed by atoms with Crippen molar-refractivity contribution in [3.8, 4) is 0 Å². The molecule has 2 aromatic carbocycles. The highest BCUT2D eigenvalue weighted by molar-refractivity contribution is 5.94. The van der Waals surface area contributed by atoms with Crippen LogP contribution in [0.1, 0.15) is 88.0 Å². The summed E-state index contributed by atoms with van der Waals surface area (Å²) < 4.78 is 26.0. The number of nitrogens with zero attached hydrogens (tertiary/aromatic N) is 1. The SMILES string of the molecule is CC1(C)C[C@@H]2C(=Cc3cccc(CN4O[C@@H]5[C@H]6OC7(Cc8ccccc8C7)O[C@H]6[C@@H]6C[C@]5(C(=O)NCCC(=O)NCCO)[C@@H]4C(=O)O6)c3)CCC3O[C@]3(C)CC[C@H]21. The van der Waals surface area contributed by atoms with Crippen molar-refractivity contribution in [1.82, 2.24) is 15.7 Å². The van der Waals surface area contributed by atoms with Crippen LogP contribution in [0.15, 0.2) is 54.1 Å². The van der Waals surface area contributed by atoms with Crippen molar-refractivity contribution in [3.05, 3.63) is 76.4 Å². The molecule has 57 heavy (non-hydrogen) atoms. The van der Waals surface area contributed by atoms with E-state index in [4.69, 9.17) is 28.9 Å². The average Bonchev–Trinajstić information content (AvgIpc) is 3.46. The second kappa shape index (κ2) is 13.7. The third kappa shape index (κ3) is 6.28. The number of amides is 2. The number of aliphatic hydroxyl groups excluding tert-OH is 1. The van der Waals surface area contributed by atoms with Crippen LogP contribution >= 0.6 is 0 Å². The Morgan fingerprint density at radius 1 is 0.947 bits per heavy atom. The lowest BCUT2D eigenvalue weighted by atomic mass is 9.52. The fourth-order valence-corrected chi connectivity index (χ4v) is 11.9. The highest BCUT2D eigenvalue weighted by atomic mass is 16.8. The molecule has 2 amide bonds. The second-order valence-electron chi connectivity index (χ2n) is 18.9. The topological polar surface area (TPSA) is 148 Å². The molecule has 4 aliphatic heterocycles. The monoisotopic (exact) mass is 781 g/mol. The number of fused-ring (bicyclic) bond motifs is 7. The van der Waals surface area contributed by atoms with E-state index in [-0.39, 0.29) is 56.5 Å². The van der Waals surface area contributed by atoms with Crippen LogP contribution in [0, 0.1) is 22.7 Å². The van der Waals surface area contributed by atoms with Gasteiger partial charge < -0.3 is 34.7 Å². The lowest BCUT2D eigenvalue weighted by molar-refractivity contribution is -0.217. The molecule has 12 nitrogen and oxygen atoms in total. The quantitative estimate of drug-likeness (QED) is 0.251. The first-order valence-electron chi connectivity index (χ1n) is 21.1. The van der Waals surface area contributed by atoms with Crippen molar-refractivity contribution in [3.63, 3.8) is 0 Å². The van der Waals surface area contributed by atoms with E-state index in [9.17, 15) is 14.4 Å². The number of rotatable bonds is 9. The molecule has 1 spiro atoms. The Hall–Kier alpha value is -3.65. The van der Waals surface area contributed by atoms with Gasteiger partial charge in [-0.15, -0.1) is 0 Å². The van der Waals surface area contributed by atoms with E-state index in [2.05, 4.69) is 61.7 Å². The summed E-state index contributed by atoms with van der Waals surface area (Å²) >= 11 is 0. The lowest BCUT2D eigenvalue weighted by Gasteiger charge is -2.53. The molecule has 2 bridgehead atoms. The molecule has 2 aromatic rings. The van der Waals surface area contributed by atoms with Gasteiger partial charge in [0.1, 0.15) is 29.8 Å². The van der Waals surface area contributed by atoms with Gasteiger partial charge in [-0.2, -0.15) is 5.06 Å². The number of hydrogen-bond acceptors (Lipinski definition) is 10. The zero-order valence-electron chi connectivity index (χ0n) is 33.2. The van der Waals surface area contributed by atoms with Crippen LogP contribution in [0.2, 0.25) is 0 Å². The number of allylic oxidation sites excluding steroid dienone is 1. The predicted octanol–water partition coefficient (Wildman–Crippen LogP) is 4.16. The Kier molecular flexibility index (Phi) is 9.04. The third-order valence-electron chi connectivity index (χ3n) is 14.8. The number of epoxide rings is 1. The number of hydroxylamine groups is 2. The Labute approximate surface area is 333 Å². The summed E-state index contributed by atoms with van der Waals surface area (Å²) in [7, 11) is 0. The Morgan fingerprint density at radius 3 is 2.51 bits per heavy atom. The number of nitrogens with one attached hydrogen (secondary N) is 2. The van der Waals surface area contributed by atoms with Gasteiger partial charge in [0, 0.05) is 38.8 Å². The number of ether oxygens (including phenoxy) is 4. The first-order chi connectivity index (χ1) is 27.4. The highest BCUT2D eigenvalue weighted by Crippen LogP contribution is 2.61. The van der Waals surface area contributed by atoms with Crippen LogP contribution in [-0.2, 0) is 57.6 Å². The molecule has 12 heteroatoms. The van der Waals surface area contributed by atoms with E-state index in [1.165, 1.54) is 18.4 Å². The van der Waals surface area contributed by atoms with E-state index in [0.29, 0.717) is 36.2 Å². The van der Waals surface area contributed by atoms with Gasteiger partial charge in [-0.1, -0.05) is 74.0 Å². The van der Waals surface area contributed by atoms with Crippen molar-refractivity contribution in [2.75, 3.05) is 19.7 Å².